The van der Waals surface area contributed by atoms with E-state index in [1.54, 1.807) is 6.07 Å². The number of benzene rings is 1. The SMILES string of the molecule is CC(C)[C@H](N)C(=O)NCCc1cccc(Cl)c1Cl. The third-order valence-electron chi connectivity index (χ3n) is 2.75. The van der Waals surface area contributed by atoms with Gasteiger partial charge in [-0.15, -0.1) is 0 Å². The number of hydrogen-bond acceptors (Lipinski definition) is 2. The van der Waals surface area contributed by atoms with E-state index < -0.39 is 6.04 Å². The van der Waals surface area contributed by atoms with Gasteiger partial charge in [0.1, 0.15) is 0 Å². The molecular weight excluding hydrogens is 271 g/mol. The molecular formula is C13H18Cl2N2O. The van der Waals surface area contributed by atoms with Gasteiger partial charge in [-0.25, -0.2) is 0 Å². The molecule has 1 rings (SSSR count). The molecule has 18 heavy (non-hydrogen) atoms. The largest absolute Gasteiger partial charge is 0.354 e. The van der Waals surface area contributed by atoms with Crippen molar-refractivity contribution in [2.75, 3.05) is 6.54 Å². The fourth-order valence-corrected chi connectivity index (χ4v) is 1.90. The van der Waals surface area contributed by atoms with Gasteiger partial charge < -0.3 is 11.1 Å². The summed E-state index contributed by atoms with van der Waals surface area (Å²) in [6.07, 6.45) is 0.635. The van der Waals surface area contributed by atoms with Crippen LogP contribution < -0.4 is 11.1 Å². The van der Waals surface area contributed by atoms with Crippen LogP contribution in [0.4, 0.5) is 0 Å². The lowest BCUT2D eigenvalue weighted by Crippen LogP contribution is -2.44. The zero-order valence-corrected chi connectivity index (χ0v) is 12.1. The first-order valence-electron chi connectivity index (χ1n) is 5.89. The molecule has 0 radical (unpaired) electrons. The summed E-state index contributed by atoms with van der Waals surface area (Å²) in [4.78, 5) is 11.6. The lowest BCUT2D eigenvalue weighted by Gasteiger charge is -2.15. The van der Waals surface area contributed by atoms with E-state index >= 15 is 0 Å². The maximum atomic E-state index is 11.6. The van der Waals surface area contributed by atoms with Crippen LogP contribution in [-0.2, 0) is 11.2 Å². The molecule has 0 aliphatic rings. The van der Waals surface area contributed by atoms with Gasteiger partial charge in [-0.05, 0) is 24.0 Å². The standard InChI is InChI=1S/C13H18Cl2N2O/c1-8(2)12(16)13(18)17-7-6-9-4-3-5-10(14)11(9)15/h3-5,8,12H,6-7,16H2,1-2H3,(H,17,18)/t12-/m0/s1. The van der Waals surface area contributed by atoms with Gasteiger partial charge in [0.15, 0.2) is 0 Å². The fraction of sp³-hybridized carbons (Fsp3) is 0.462. The Morgan fingerprint density at radius 3 is 2.67 bits per heavy atom. The minimum absolute atomic E-state index is 0.125. The van der Waals surface area contributed by atoms with Crippen LogP contribution in [0.2, 0.25) is 10.0 Å². The van der Waals surface area contributed by atoms with Crippen molar-refractivity contribution in [2.45, 2.75) is 26.3 Å². The highest BCUT2D eigenvalue weighted by Crippen LogP contribution is 2.25. The topological polar surface area (TPSA) is 55.1 Å². The van der Waals surface area contributed by atoms with Gasteiger partial charge in [-0.1, -0.05) is 49.2 Å². The summed E-state index contributed by atoms with van der Waals surface area (Å²) in [7, 11) is 0. The van der Waals surface area contributed by atoms with Gasteiger partial charge in [0.25, 0.3) is 0 Å². The van der Waals surface area contributed by atoms with Gasteiger partial charge in [0.05, 0.1) is 16.1 Å². The number of amides is 1. The Kier molecular flexibility index (Phi) is 5.93. The molecule has 0 unspecified atom stereocenters. The van der Waals surface area contributed by atoms with Gasteiger partial charge in [0, 0.05) is 6.54 Å². The molecule has 3 nitrogen and oxygen atoms in total. The molecule has 0 spiro atoms. The zero-order valence-electron chi connectivity index (χ0n) is 10.5. The molecule has 100 valence electrons. The summed E-state index contributed by atoms with van der Waals surface area (Å²) in [6.45, 7) is 4.33. The molecule has 0 heterocycles. The Balaban J connectivity index is 2.47. The summed E-state index contributed by atoms with van der Waals surface area (Å²) in [5.74, 6) is -0.0112. The van der Waals surface area contributed by atoms with Crippen LogP contribution in [0.3, 0.4) is 0 Å². The highest BCUT2D eigenvalue weighted by atomic mass is 35.5. The predicted molar refractivity (Wildman–Crippen MR) is 76.0 cm³/mol. The number of carbonyl (C=O) groups excluding carboxylic acids is 1. The number of hydrogen-bond donors (Lipinski definition) is 2. The molecule has 0 saturated carbocycles. The highest BCUT2D eigenvalue weighted by molar-refractivity contribution is 6.42. The second-order valence-electron chi connectivity index (χ2n) is 4.52. The Labute approximate surface area is 118 Å². The van der Waals surface area contributed by atoms with Crippen LogP contribution in [0.5, 0.6) is 0 Å². The minimum Gasteiger partial charge on any atom is -0.354 e. The predicted octanol–water partition coefficient (Wildman–Crippen LogP) is 2.64. The van der Waals surface area contributed by atoms with Crippen LogP contribution in [0, 0.1) is 5.92 Å². The number of nitrogens with two attached hydrogens (primary N) is 1. The van der Waals surface area contributed by atoms with E-state index in [0.29, 0.717) is 23.0 Å². The van der Waals surface area contributed by atoms with Crippen molar-refractivity contribution >= 4 is 29.1 Å². The van der Waals surface area contributed by atoms with Crippen molar-refractivity contribution in [2.24, 2.45) is 11.7 Å². The molecule has 0 aliphatic carbocycles. The van der Waals surface area contributed by atoms with Gasteiger partial charge in [-0.3, -0.25) is 4.79 Å². The van der Waals surface area contributed by atoms with Crippen molar-refractivity contribution in [3.8, 4) is 0 Å². The highest BCUT2D eigenvalue weighted by Gasteiger charge is 2.16. The summed E-state index contributed by atoms with van der Waals surface area (Å²) >= 11 is 12.0. The normalized spacial score (nSPS) is 12.6. The molecule has 1 aromatic rings. The van der Waals surface area contributed by atoms with Crippen molar-refractivity contribution < 1.29 is 4.79 Å². The fourth-order valence-electron chi connectivity index (χ4n) is 1.48. The van der Waals surface area contributed by atoms with E-state index in [2.05, 4.69) is 5.32 Å². The van der Waals surface area contributed by atoms with Crippen LogP contribution >= 0.6 is 23.2 Å². The quantitative estimate of drug-likeness (QED) is 0.875. The van der Waals surface area contributed by atoms with Crippen LogP contribution in [-0.4, -0.2) is 18.5 Å². The summed E-state index contributed by atoms with van der Waals surface area (Å²) in [6, 6.07) is 4.99. The molecule has 3 N–H and O–H groups in total. The number of nitrogens with one attached hydrogen (secondary N) is 1. The van der Waals surface area contributed by atoms with Gasteiger partial charge in [-0.2, -0.15) is 0 Å². The first kappa shape index (κ1) is 15.3. The number of carbonyl (C=O) groups is 1. The van der Waals surface area contributed by atoms with Crippen LogP contribution in [0.15, 0.2) is 18.2 Å². The number of halogens is 2. The first-order chi connectivity index (χ1) is 8.43. The smallest absolute Gasteiger partial charge is 0.237 e. The molecule has 5 heteroatoms. The molecule has 0 fully saturated rings. The van der Waals surface area contributed by atoms with Crippen molar-refractivity contribution in [3.63, 3.8) is 0 Å². The van der Waals surface area contributed by atoms with E-state index in [9.17, 15) is 4.79 Å². The molecule has 0 saturated heterocycles. The second-order valence-corrected chi connectivity index (χ2v) is 5.31. The Bertz CT molecular complexity index is 421. The molecule has 0 aromatic heterocycles. The van der Waals surface area contributed by atoms with E-state index in [4.69, 9.17) is 28.9 Å². The Hall–Kier alpha value is -0.770. The molecule has 0 bridgehead atoms. The lowest BCUT2D eigenvalue weighted by molar-refractivity contribution is -0.123. The average molecular weight is 289 g/mol. The summed E-state index contributed by atoms with van der Waals surface area (Å²) < 4.78 is 0. The molecule has 1 atom stereocenters. The average Bonchev–Trinajstić information content (AvgIpc) is 2.33. The maximum absolute atomic E-state index is 11.6. The first-order valence-corrected chi connectivity index (χ1v) is 6.65. The monoisotopic (exact) mass is 288 g/mol. The third kappa shape index (κ3) is 4.16. The van der Waals surface area contributed by atoms with Gasteiger partial charge >= 0.3 is 0 Å². The van der Waals surface area contributed by atoms with Gasteiger partial charge in [0.2, 0.25) is 5.91 Å². The van der Waals surface area contributed by atoms with E-state index in [1.165, 1.54) is 0 Å². The van der Waals surface area contributed by atoms with Crippen molar-refractivity contribution in [1.82, 2.24) is 5.32 Å². The summed E-state index contributed by atoms with van der Waals surface area (Å²) in [5, 5.41) is 3.86. The van der Waals surface area contributed by atoms with Crippen LogP contribution in [0.25, 0.3) is 0 Å². The third-order valence-corrected chi connectivity index (χ3v) is 3.60. The van der Waals surface area contributed by atoms with E-state index in [0.717, 1.165) is 5.56 Å². The zero-order chi connectivity index (χ0) is 13.7. The van der Waals surface area contributed by atoms with E-state index in [-0.39, 0.29) is 11.8 Å². The van der Waals surface area contributed by atoms with Crippen LogP contribution in [0.1, 0.15) is 19.4 Å². The van der Waals surface area contributed by atoms with Crippen molar-refractivity contribution in [1.29, 1.82) is 0 Å². The van der Waals surface area contributed by atoms with E-state index in [1.807, 2.05) is 26.0 Å². The molecule has 0 aliphatic heterocycles. The Morgan fingerprint density at radius 2 is 2.06 bits per heavy atom. The molecule has 1 amide bonds. The molecule has 1 aromatic carbocycles. The summed E-state index contributed by atoms with van der Waals surface area (Å²) in [5.41, 5.74) is 6.65. The maximum Gasteiger partial charge on any atom is 0.237 e. The second kappa shape index (κ2) is 6.98. The Morgan fingerprint density at radius 1 is 1.39 bits per heavy atom. The lowest BCUT2D eigenvalue weighted by atomic mass is 10.0. The number of rotatable bonds is 5. The van der Waals surface area contributed by atoms with Crippen molar-refractivity contribution in [3.05, 3.63) is 33.8 Å². The minimum atomic E-state index is -0.472.